The van der Waals surface area contributed by atoms with E-state index < -0.39 is 5.60 Å². The van der Waals surface area contributed by atoms with Crippen LogP contribution in [0.4, 0.5) is 0 Å². The van der Waals surface area contributed by atoms with E-state index in [2.05, 4.69) is 56.3 Å². The first-order valence-corrected chi connectivity index (χ1v) is 12.0. The van der Waals surface area contributed by atoms with E-state index in [1.54, 1.807) is 13.8 Å². The van der Waals surface area contributed by atoms with Gasteiger partial charge in [-0.05, 0) is 110 Å². The third-order valence-corrected chi connectivity index (χ3v) is 6.24. The van der Waals surface area contributed by atoms with Gasteiger partial charge < -0.3 is 24.2 Å². The van der Waals surface area contributed by atoms with Crippen molar-refractivity contribution in [2.45, 2.75) is 53.2 Å². The molecule has 0 saturated carbocycles. The van der Waals surface area contributed by atoms with Gasteiger partial charge in [0.05, 0.1) is 12.2 Å². The largest absolute Gasteiger partial charge is 0.493 e. The maximum Gasteiger partial charge on any atom is 0.252 e. The van der Waals surface area contributed by atoms with Gasteiger partial charge in [0.25, 0.3) is 5.88 Å². The van der Waals surface area contributed by atoms with Gasteiger partial charge in [0.15, 0.2) is 5.76 Å². The second-order valence-electron chi connectivity index (χ2n) is 9.80. The van der Waals surface area contributed by atoms with Gasteiger partial charge in [-0.2, -0.15) is 0 Å². The van der Waals surface area contributed by atoms with Crippen LogP contribution in [-0.2, 0) is 6.61 Å². The van der Waals surface area contributed by atoms with Gasteiger partial charge in [-0.25, -0.2) is 0 Å². The maximum atomic E-state index is 9.93. The molecule has 0 radical (unpaired) electrons. The molecule has 0 aliphatic rings. The second-order valence-corrected chi connectivity index (χ2v) is 9.80. The van der Waals surface area contributed by atoms with Crippen molar-refractivity contribution >= 4 is 0 Å². The molecule has 188 valence electrons. The highest BCUT2D eigenvalue weighted by molar-refractivity contribution is 5.75. The molecule has 4 rings (SSSR count). The summed E-state index contributed by atoms with van der Waals surface area (Å²) < 4.78 is 17.1. The van der Waals surface area contributed by atoms with Crippen molar-refractivity contribution in [2.75, 3.05) is 6.61 Å². The van der Waals surface area contributed by atoms with Gasteiger partial charge in [-0.1, -0.05) is 18.2 Å². The third kappa shape index (κ3) is 6.07. The average molecular weight is 488 g/mol. The van der Waals surface area contributed by atoms with Crippen LogP contribution in [0.5, 0.6) is 17.4 Å². The van der Waals surface area contributed by atoms with Crippen LogP contribution in [-0.4, -0.2) is 27.6 Å². The van der Waals surface area contributed by atoms with E-state index in [1.807, 2.05) is 24.3 Å². The van der Waals surface area contributed by atoms with Crippen LogP contribution in [0.1, 0.15) is 42.5 Å². The molecule has 1 aromatic heterocycles. The van der Waals surface area contributed by atoms with Crippen LogP contribution >= 0.6 is 0 Å². The smallest absolute Gasteiger partial charge is 0.252 e. The van der Waals surface area contributed by atoms with Crippen LogP contribution < -0.4 is 9.47 Å². The molecule has 0 bridgehead atoms. The first kappa shape index (κ1) is 25.3. The Labute approximate surface area is 212 Å². The minimum atomic E-state index is -0.743. The first-order chi connectivity index (χ1) is 17.1. The number of benzene rings is 3. The zero-order valence-corrected chi connectivity index (χ0v) is 21.5. The van der Waals surface area contributed by atoms with E-state index >= 15 is 0 Å². The van der Waals surface area contributed by atoms with Crippen molar-refractivity contribution in [1.29, 1.82) is 0 Å². The van der Waals surface area contributed by atoms with E-state index in [-0.39, 0.29) is 5.88 Å². The van der Waals surface area contributed by atoms with Crippen molar-refractivity contribution in [2.24, 2.45) is 0 Å². The Morgan fingerprint density at radius 3 is 2.19 bits per heavy atom. The Morgan fingerprint density at radius 2 is 1.58 bits per heavy atom. The third-order valence-electron chi connectivity index (χ3n) is 6.24. The second kappa shape index (κ2) is 10.5. The maximum absolute atomic E-state index is 9.93. The molecule has 6 heteroatoms. The van der Waals surface area contributed by atoms with Crippen molar-refractivity contribution < 1.29 is 24.2 Å². The Kier molecular flexibility index (Phi) is 7.36. The number of nitrogens with zero attached hydrogens (tertiary/aromatic N) is 1. The summed E-state index contributed by atoms with van der Waals surface area (Å²) in [4.78, 5) is 0. The molecule has 0 aliphatic carbocycles. The fourth-order valence-corrected chi connectivity index (χ4v) is 4.24. The molecule has 0 spiro atoms. The highest BCUT2D eigenvalue weighted by atomic mass is 16.5. The number of hydrogen-bond donors (Lipinski definition) is 2. The monoisotopic (exact) mass is 487 g/mol. The molecular weight excluding hydrogens is 454 g/mol. The predicted molar refractivity (Wildman–Crippen MR) is 140 cm³/mol. The number of aromatic hydroxyl groups is 1. The van der Waals surface area contributed by atoms with Crippen LogP contribution in [0.25, 0.3) is 22.5 Å². The predicted octanol–water partition coefficient (Wildman–Crippen LogP) is 6.76. The molecule has 0 amide bonds. The summed E-state index contributed by atoms with van der Waals surface area (Å²) in [6, 6.07) is 19.4. The SMILES string of the molecule is Cc1cc(OCCC(C)(C)O)cc(C)c1-c1cccc(COc2ccc(-c3cc(O)no3)cc2)c1C. The number of hydrogen-bond acceptors (Lipinski definition) is 6. The first-order valence-electron chi connectivity index (χ1n) is 12.0. The summed E-state index contributed by atoms with van der Waals surface area (Å²) in [5.41, 5.74) is 7.01. The van der Waals surface area contributed by atoms with Crippen molar-refractivity contribution in [1.82, 2.24) is 5.16 Å². The minimum Gasteiger partial charge on any atom is -0.493 e. The normalized spacial score (nSPS) is 11.5. The summed E-state index contributed by atoms with van der Waals surface area (Å²) >= 11 is 0. The topological polar surface area (TPSA) is 85.0 Å². The van der Waals surface area contributed by atoms with Gasteiger partial charge in [0.1, 0.15) is 18.1 Å². The minimum absolute atomic E-state index is 0.140. The molecule has 0 aliphatic heterocycles. The number of ether oxygens (including phenoxy) is 2. The lowest BCUT2D eigenvalue weighted by molar-refractivity contribution is 0.0553. The standard InChI is InChI=1S/C30H33NO5/c1-19-15-25(34-14-13-30(4,5)33)16-20(2)29(19)26-8-6-7-23(21(26)3)18-35-24-11-9-22(10-12-24)27-17-28(32)31-36-27/h6-12,15-17,33H,13-14,18H2,1-5H3,(H,31,32). The van der Waals surface area contributed by atoms with E-state index in [0.29, 0.717) is 25.4 Å². The zero-order chi connectivity index (χ0) is 25.9. The van der Waals surface area contributed by atoms with Crippen LogP contribution in [0, 0.1) is 20.8 Å². The van der Waals surface area contributed by atoms with E-state index in [9.17, 15) is 10.2 Å². The van der Waals surface area contributed by atoms with Gasteiger partial charge >= 0.3 is 0 Å². The van der Waals surface area contributed by atoms with Crippen LogP contribution in [0.15, 0.2) is 65.2 Å². The summed E-state index contributed by atoms with van der Waals surface area (Å²) in [6.45, 7) is 10.8. The van der Waals surface area contributed by atoms with Gasteiger partial charge in [-0.3, -0.25) is 0 Å². The quantitative estimate of drug-likeness (QED) is 0.271. The Balaban J connectivity index is 1.48. The van der Waals surface area contributed by atoms with Crippen molar-refractivity contribution in [3.8, 4) is 39.8 Å². The lowest BCUT2D eigenvalue weighted by Crippen LogP contribution is -2.21. The summed E-state index contributed by atoms with van der Waals surface area (Å²) in [6.07, 6.45) is 0.570. The molecule has 6 nitrogen and oxygen atoms in total. The zero-order valence-electron chi connectivity index (χ0n) is 21.5. The van der Waals surface area contributed by atoms with Gasteiger partial charge in [0, 0.05) is 18.1 Å². The molecule has 4 aromatic rings. The Hall–Kier alpha value is -3.77. The number of aliphatic hydroxyl groups is 1. The van der Waals surface area contributed by atoms with E-state index in [1.165, 1.54) is 22.8 Å². The molecule has 0 fully saturated rings. The summed E-state index contributed by atoms with van der Waals surface area (Å²) in [5, 5.41) is 22.8. The highest BCUT2D eigenvalue weighted by Crippen LogP contribution is 2.35. The number of rotatable bonds is 9. The van der Waals surface area contributed by atoms with Gasteiger partial charge in [0.2, 0.25) is 0 Å². The lowest BCUT2D eigenvalue weighted by atomic mass is 9.90. The fraction of sp³-hybridized carbons (Fsp3) is 0.300. The molecule has 0 saturated heterocycles. The fourth-order valence-electron chi connectivity index (χ4n) is 4.24. The molecule has 2 N–H and O–H groups in total. The lowest BCUT2D eigenvalue weighted by Gasteiger charge is -2.19. The molecule has 1 heterocycles. The molecular formula is C30H33NO5. The molecule has 0 atom stereocenters. The Bertz CT molecular complexity index is 1310. The van der Waals surface area contributed by atoms with E-state index in [0.717, 1.165) is 33.8 Å². The number of aromatic nitrogens is 1. The van der Waals surface area contributed by atoms with E-state index in [4.69, 9.17) is 14.0 Å². The molecule has 36 heavy (non-hydrogen) atoms. The van der Waals surface area contributed by atoms with Crippen molar-refractivity contribution in [3.05, 3.63) is 82.9 Å². The summed E-state index contributed by atoms with van der Waals surface area (Å²) in [5.74, 6) is 1.92. The van der Waals surface area contributed by atoms with Crippen molar-refractivity contribution in [3.63, 3.8) is 0 Å². The number of aryl methyl sites for hydroxylation is 2. The molecule has 0 unspecified atom stereocenters. The van der Waals surface area contributed by atoms with Gasteiger partial charge in [-0.15, -0.1) is 0 Å². The average Bonchev–Trinajstić information content (AvgIpc) is 3.25. The molecule has 3 aromatic carbocycles. The highest BCUT2D eigenvalue weighted by Gasteiger charge is 2.15. The van der Waals surface area contributed by atoms with Crippen LogP contribution in [0.2, 0.25) is 0 Å². The summed E-state index contributed by atoms with van der Waals surface area (Å²) in [7, 11) is 0. The van der Waals surface area contributed by atoms with Crippen LogP contribution in [0.3, 0.4) is 0 Å². The Morgan fingerprint density at radius 1 is 0.889 bits per heavy atom.